The maximum absolute atomic E-state index is 6.25. The molecule has 0 aliphatic carbocycles. The second-order valence-electron chi connectivity index (χ2n) is 5.75. The second kappa shape index (κ2) is 3.56. The summed E-state index contributed by atoms with van der Waals surface area (Å²) in [5.74, 6) is 1.03. The summed E-state index contributed by atoms with van der Waals surface area (Å²) in [6, 6.07) is 0. The van der Waals surface area contributed by atoms with Gasteiger partial charge in [0.15, 0.2) is 0 Å². The van der Waals surface area contributed by atoms with Crippen molar-refractivity contribution in [3.63, 3.8) is 0 Å². The van der Waals surface area contributed by atoms with E-state index < -0.39 is 0 Å². The van der Waals surface area contributed by atoms with Crippen molar-refractivity contribution in [1.82, 2.24) is 0 Å². The SMILES string of the molecule is Cc1c(N)c(N(C)C)c(C)c2c1CC(C)(C)O2. The van der Waals surface area contributed by atoms with Crippen molar-refractivity contribution in [3.05, 3.63) is 16.7 Å². The standard InChI is InChI=1S/C14H22N2O/c1-8-10-7-14(3,4)17-13(10)9(2)12(11(8)15)16(5)6/h7,15H2,1-6H3. The molecule has 0 unspecified atom stereocenters. The zero-order valence-corrected chi connectivity index (χ0v) is 11.6. The van der Waals surface area contributed by atoms with Gasteiger partial charge in [0.2, 0.25) is 0 Å². The van der Waals surface area contributed by atoms with Crippen LogP contribution < -0.4 is 15.4 Å². The minimum atomic E-state index is -0.116. The molecule has 0 saturated carbocycles. The fourth-order valence-electron chi connectivity index (χ4n) is 2.71. The molecule has 0 bridgehead atoms. The number of nitrogen functional groups attached to an aromatic ring is 1. The summed E-state index contributed by atoms with van der Waals surface area (Å²) in [5.41, 5.74) is 11.7. The zero-order valence-electron chi connectivity index (χ0n) is 11.6. The van der Waals surface area contributed by atoms with Crippen LogP contribution in [0.4, 0.5) is 11.4 Å². The molecule has 0 radical (unpaired) electrons. The molecule has 1 aliphatic rings. The Bertz CT molecular complexity index is 476. The summed E-state index contributed by atoms with van der Waals surface area (Å²) < 4.78 is 6.07. The number of hydrogen-bond acceptors (Lipinski definition) is 3. The van der Waals surface area contributed by atoms with E-state index in [0.717, 1.165) is 29.1 Å². The average molecular weight is 234 g/mol. The molecule has 1 aliphatic heterocycles. The number of nitrogens with zero attached hydrogens (tertiary/aromatic N) is 1. The van der Waals surface area contributed by atoms with E-state index in [-0.39, 0.29) is 5.60 Å². The third-order valence-electron chi connectivity index (χ3n) is 3.51. The van der Waals surface area contributed by atoms with Gasteiger partial charge in [0.1, 0.15) is 11.4 Å². The smallest absolute Gasteiger partial charge is 0.128 e. The van der Waals surface area contributed by atoms with Crippen LogP contribution in [0.5, 0.6) is 5.75 Å². The van der Waals surface area contributed by atoms with Crippen LogP contribution in [0.2, 0.25) is 0 Å². The molecule has 0 saturated heterocycles. The third kappa shape index (κ3) is 1.74. The number of hydrogen-bond donors (Lipinski definition) is 1. The quantitative estimate of drug-likeness (QED) is 0.759. The topological polar surface area (TPSA) is 38.5 Å². The molecular formula is C14H22N2O. The van der Waals surface area contributed by atoms with Gasteiger partial charge < -0.3 is 15.4 Å². The molecule has 0 amide bonds. The van der Waals surface area contributed by atoms with Crippen LogP contribution in [0.1, 0.15) is 30.5 Å². The molecule has 1 aromatic rings. The van der Waals surface area contributed by atoms with Crippen molar-refractivity contribution in [3.8, 4) is 5.75 Å². The van der Waals surface area contributed by atoms with Crippen LogP contribution in [0.25, 0.3) is 0 Å². The first-order valence-corrected chi connectivity index (χ1v) is 6.02. The van der Waals surface area contributed by atoms with Crippen LogP contribution in [-0.4, -0.2) is 19.7 Å². The van der Waals surface area contributed by atoms with Gasteiger partial charge in [-0.05, 0) is 33.3 Å². The van der Waals surface area contributed by atoms with Crippen LogP contribution in [-0.2, 0) is 6.42 Å². The molecule has 0 spiro atoms. The Hall–Kier alpha value is -1.38. The van der Waals surface area contributed by atoms with E-state index in [0.29, 0.717) is 0 Å². The molecule has 1 aromatic carbocycles. The summed E-state index contributed by atoms with van der Waals surface area (Å²) in [6.45, 7) is 8.42. The Labute approximate surface area is 104 Å². The fourth-order valence-corrected chi connectivity index (χ4v) is 2.71. The van der Waals surface area contributed by atoms with E-state index in [4.69, 9.17) is 10.5 Å². The van der Waals surface area contributed by atoms with Crippen molar-refractivity contribution in [2.75, 3.05) is 24.7 Å². The number of nitrogens with two attached hydrogens (primary N) is 1. The first-order chi connectivity index (χ1) is 7.74. The Morgan fingerprint density at radius 3 is 2.29 bits per heavy atom. The van der Waals surface area contributed by atoms with E-state index in [9.17, 15) is 0 Å². The first kappa shape index (κ1) is 12.1. The highest BCUT2D eigenvalue weighted by atomic mass is 16.5. The van der Waals surface area contributed by atoms with Gasteiger partial charge in [0, 0.05) is 31.6 Å². The summed E-state index contributed by atoms with van der Waals surface area (Å²) >= 11 is 0. The predicted molar refractivity (Wildman–Crippen MR) is 73.1 cm³/mol. The monoisotopic (exact) mass is 234 g/mol. The van der Waals surface area contributed by atoms with Crippen molar-refractivity contribution in [2.24, 2.45) is 0 Å². The van der Waals surface area contributed by atoms with E-state index >= 15 is 0 Å². The van der Waals surface area contributed by atoms with E-state index in [2.05, 4.69) is 32.6 Å². The minimum absolute atomic E-state index is 0.116. The maximum Gasteiger partial charge on any atom is 0.128 e. The molecular weight excluding hydrogens is 212 g/mol. The van der Waals surface area contributed by atoms with E-state index in [1.807, 2.05) is 14.1 Å². The Balaban J connectivity index is 2.70. The summed E-state index contributed by atoms with van der Waals surface area (Å²) in [5, 5.41) is 0. The van der Waals surface area contributed by atoms with Gasteiger partial charge in [-0.3, -0.25) is 0 Å². The highest BCUT2D eigenvalue weighted by Gasteiger charge is 2.34. The van der Waals surface area contributed by atoms with Crippen molar-refractivity contribution < 1.29 is 4.74 Å². The lowest BCUT2D eigenvalue weighted by Crippen LogP contribution is -2.25. The molecule has 3 nitrogen and oxygen atoms in total. The number of benzene rings is 1. The van der Waals surface area contributed by atoms with Gasteiger partial charge in [-0.25, -0.2) is 0 Å². The van der Waals surface area contributed by atoms with Crippen molar-refractivity contribution >= 4 is 11.4 Å². The molecule has 0 aromatic heterocycles. The predicted octanol–water partition coefficient (Wildman–Crippen LogP) is 2.67. The molecule has 3 heteroatoms. The van der Waals surface area contributed by atoms with Crippen molar-refractivity contribution in [1.29, 1.82) is 0 Å². The van der Waals surface area contributed by atoms with E-state index in [1.54, 1.807) is 0 Å². The van der Waals surface area contributed by atoms with Crippen molar-refractivity contribution in [2.45, 2.75) is 39.7 Å². The molecule has 2 rings (SSSR count). The molecule has 17 heavy (non-hydrogen) atoms. The highest BCUT2D eigenvalue weighted by Crippen LogP contribution is 2.46. The van der Waals surface area contributed by atoms with Crippen LogP contribution >= 0.6 is 0 Å². The van der Waals surface area contributed by atoms with Gasteiger partial charge in [0.05, 0.1) is 11.4 Å². The largest absolute Gasteiger partial charge is 0.487 e. The van der Waals surface area contributed by atoms with E-state index in [1.165, 1.54) is 11.1 Å². The molecule has 2 N–H and O–H groups in total. The van der Waals surface area contributed by atoms with Gasteiger partial charge in [-0.1, -0.05) is 0 Å². The van der Waals surface area contributed by atoms with Crippen LogP contribution in [0.15, 0.2) is 0 Å². The summed E-state index contributed by atoms with van der Waals surface area (Å²) in [7, 11) is 4.04. The van der Waals surface area contributed by atoms with Crippen LogP contribution in [0, 0.1) is 13.8 Å². The zero-order chi connectivity index (χ0) is 13.0. The number of rotatable bonds is 1. The summed E-state index contributed by atoms with van der Waals surface area (Å²) in [6.07, 6.45) is 0.937. The second-order valence-corrected chi connectivity index (χ2v) is 5.75. The minimum Gasteiger partial charge on any atom is -0.487 e. The van der Waals surface area contributed by atoms with Crippen LogP contribution in [0.3, 0.4) is 0 Å². The van der Waals surface area contributed by atoms with Gasteiger partial charge >= 0.3 is 0 Å². The fraction of sp³-hybridized carbons (Fsp3) is 0.571. The third-order valence-corrected chi connectivity index (χ3v) is 3.51. The lowest BCUT2D eigenvalue weighted by atomic mass is 9.94. The Morgan fingerprint density at radius 1 is 1.18 bits per heavy atom. The van der Waals surface area contributed by atoms with Gasteiger partial charge in [-0.15, -0.1) is 0 Å². The number of fused-ring (bicyclic) bond motifs is 1. The van der Waals surface area contributed by atoms with Gasteiger partial charge in [0.25, 0.3) is 0 Å². The molecule has 94 valence electrons. The lowest BCUT2D eigenvalue weighted by Gasteiger charge is -2.23. The van der Waals surface area contributed by atoms with Gasteiger partial charge in [-0.2, -0.15) is 0 Å². The first-order valence-electron chi connectivity index (χ1n) is 6.02. The molecule has 0 atom stereocenters. The molecule has 0 fully saturated rings. The highest BCUT2D eigenvalue weighted by molar-refractivity contribution is 5.80. The summed E-state index contributed by atoms with van der Waals surface area (Å²) in [4.78, 5) is 2.06. The Morgan fingerprint density at radius 2 is 1.76 bits per heavy atom. The average Bonchev–Trinajstić information content (AvgIpc) is 2.51. The normalized spacial score (nSPS) is 16.6. The number of ether oxygens (including phenoxy) is 1. The Kier molecular flexibility index (Phi) is 2.53. The maximum atomic E-state index is 6.25. The number of anilines is 2. The molecule has 1 heterocycles. The lowest BCUT2D eigenvalue weighted by molar-refractivity contribution is 0.137.